The summed E-state index contributed by atoms with van der Waals surface area (Å²) in [6, 6.07) is 0.178. The maximum absolute atomic E-state index is 12.6. The SMILES string of the molecule is CCC1(CC)[C@H](OC)C[C@H]1N(C)C(=O)NCc1nnc2n1CCC2. The Bertz CT molecular complexity index is 596. The van der Waals surface area contributed by atoms with Crippen molar-refractivity contribution in [3.8, 4) is 0 Å². The van der Waals surface area contributed by atoms with Gasteiger partial charge in [-0.1, -0.05) is 13.8 Å². The van der Waals surface area contributed by atoms with E-state index in [2.05, 4.69) is 33.9 Å². The van der Waals surface area contributed by atoms with Gasteiger partial charge >= 0.3 is 6.03 Å². The van der Waals surface area contributed by atoms with E-state index < -0.39 is 0 Å². The molecule has 1 aromatic rings. The first kappa shape index (κ1) is 17.2. The molecule has 2 atom stereocenters. The molecule has 0 bridgehead atoms. The summed E-state index contributed by atoms with van der Waals surface area (Å²) in [7, 11) is 3.66. The molecule has 1 saturated carbocycles. The van der Waals surface area contributed by atoms with E-state index >= 15 is 0 Å². The molecule has 7 heteroatoms. The number of methoxy groups -OCH3 is 1. The average Bonchev–Trinajstić information content (AvgIpc) is 3.17. The minimum Gasteiger partial charge on any atom is -0.381 e. The molecular weight excluding hydrogens is 306 g/mol. The van der Waals surface area contributed by atoms with Gasteiger partial charge in [0.15, 0.2) is 5.82 Å². The van der Waals surface area contributed by atoms with Gasteiger partial charge in [-0.2, -0.15) is 0 Å². The smallest absolute Gasteiger partial charge is 0.317 e. The van der Waals surface area contributed by atoms with E-state index in [4.69, 9.17) is 4.74 Å². The summed E-state index contributed by atoms with van der Waals surface area (Å²) in [5.74, 6) is 1.88. The van der Waals surface area contributed by atoms with Crippen LogP contribution in [0.15, 0.2) is 0 Å². The van der Waals surface area contributed by atoms with Gasteiger partial charge in [-0.3, -0.25) is 0 Å². The number of urea groups is 1. The highest BCUT2D eigenvalue weighted by molar-refractivity contribution is 5.74. The minimum absolute atomic E-state index is 0.0452. The van der Waals surface area contributed by atoms with Crippen LogP contribution >= 0.6 is 0 Å². The van der Waals surface area contributed by atoms with E-state index in [1.165, 1.54) is 0 Å². The number of carbonyl (C=O) groups is 1. The molecule has 2 heterocycles. The summed E-state index contributed by atoms with van der Waals surface area (Å²) >= 11 is 0. The standard InChI is InChI=1S/C17H29N5O2/c1-5-17(6-2)12(10-13(17)24-4)21(3)16(23)18-11-15-20-19-14-8-7-9-22(14)15/h12-13H,5-11H2,1-4H3,(H,18,23)/t12-,13-/m1/s1. The first-order valence-electron chi connectivity index (χ1n) is 9.01. The van der Waals surface area contributed by atoms with Crippen molar-refractivity contribution >= 4 is 6.03 Å². The van der Waals surface area contributed by atoms with Crippen LogP contribution in [0.5, 0.6) is 0 Å². The van der Waals surface area contributed by atoms with E-state index in [0.717, 1.165) is 50.3 Å². The highest BCUT2D eigenvalue weighted by Crippen LogP contribution is 2.50. The van der Waals surface area contributed by atoms with E-state index in [-0.39, 0.29) is 23.6 Å². The van der Waals surface area contributed by atoms with Gasteiger partial charge in [0.1, 0.15) is 5.82 Å². The van der Waals surface area contributed by atoms with Gasteiger partial charge in [0.05, 0.1) is 12.6 Å². The summed E-state index contributed by atoms with van der Waals surface area (Å²) in [4.78, 5) is 14.5. The van der Waals surface area contributed by atoms with Gasteiger partial charge < -0.3 is 19.5 Å². The highest BCUT2D eigenvalue weighted by Gasteiger charge is 2.55. The zero-order chi connectivity index (χ0) is 17.3. The molecule has 2 aliphatic rings. The largest absolute Gasteiger partial charge is 0.381 e. The number of hydrogen-bond acceptors (Lipinski definition) is 4. The summed E-state index contributed by atoms with van der Waals surface area (Å²) in [5.41, 5.74) is 0.0664. The molecule has 1 aromatic heterocycles. The average molecular weight is 335 g/mol. The molecule has 0 aromatic carbocycles. The van der Waals surface area contributed by atoms with Crippen LogP contribution in [0.25, 0.3) is 0 Å². The number of aromatic nitrogens is 3. The van der Waals surface area contributed by atoms with Gasteiger partial charge in [0.25, 0.3) is 0 Å². The van der Waals surface area contributed by atoms with E-state index in [0.29, 0.717) is 6.54 Å². The molecule has 7 nitrogen and oxygen atoms in total. The summed E-state index contributed by atoms with van der Waals surface area (Å²) in [5, 5.41) is 11.4. The molecule has 0 unspecified atom stereocenters. The lowest BCUT2D eigenvalue weighted by atomic mass is 9.58. The van der Waals surface area contributed by atoms with Crippen molar-refractivity contribution in [2.45, 2.75) is 71.2 Å². The number of fused-ring (bicyclic) bond motifs is 1. The molecule has 0 radical (unpaired) electrons. The third kappa shape index (κ3) is 2.59. The van der Waals surface area contributed by atoms with Gasteiger partial charge in [-0.15, -0.1) is 10.2 Å². The van der Waals surface area contributed by atoms with E-state index in [9.17, 15) is 4.79 Å². The molecule has 1 fully saturated rings. The molecule has 134 valence electrons. The van der Waals surface area contributed by atoms with Crippen LogP contribution in [0, 0.1) is 5.41 Å². The molecule has 3 rings (SSSR count). The maximum atomic E-state index is 12.6. The number of hydrogen-bond donors (Lipinski definition) is 1. The van der Waals surface area contributed by atoms with Crippen molar-refractivity contribution in [1.82, 2.24) is 25.0 Å². The Hall–Kier alpha value is -1.63. The molecule has 0 saturated heterocycles. The molecular formula is C17H29N5O2. The number of amides is 2. The zero-order valence-corrected chi connectivity index (χ0v) is 15.2. The zero-order valence-electron chi connectivity index (χ0n) is 15.2. The second-order valence-corrected chi connectivity index (χ2v) is 6.97. The fourth-order valence-corrected chi connectivity index (χ4v) is 4.54. The third-order valence-electron chi connectivity index (χ3n) is 6.21. The van der Waals surface area contributed by atoms with Crippen LogP contribution in [0.2, 0.25) is 0 Å². The molecule has 1 aliphatic carbocycles. The Morgan fingerprint density at radius 1 is 1.42 bits per heavy atom. The fraction of sp³-hybridized carbons (Fsp3) is 0.824. The maximum Gasteiger partial charge on any atom is 0.317 e. The normalized spacial score (nSPS) is 24.3. The van der Waals surface area contributed by atoms with Gasteiger partial charge in [0, 0.05) is 38.6 Å². The first-order valence-corrected chi connectivity index (χ1v) is 9.01. The van der Waals surface area contributed by atoms with E-state index in [1.54, 1.807) is 7.11 Å². The van der Waals surface area contributed by atoms with Crippen molar-refractivity contribution in [3.63, 3.8) is 0 Å². The number of rotatable bonds is 6. The lowest BCUT2D eigenvalue weighted by molar-refractivity contribution is -0.146. The Kier molecular flexibility index (Phi) is 4.80. The molecule has 24 heavy (non-hydrogen) atoms. The predicted molar refractivity (Wildman–Crippen MR) is 90.6 cm³/mol. The first-order chi connectivity index (χ1) is 11.6. The summed E-state index contributed by atoms with van der Waals surface area (Å²) in [6.45, 7) is 5.76. The molecule has 2 amide bonds. The molecule has 0 spiro atoms. The second-order valence-electron chi connectivity index (χ2n) is 6.97. The van der Waals surface area contributed by atoms with Crippen molar-refractivity contribution in [3.05, 3.63) is 11.6 Å². The predicted octanol–water partition coefficient (Wildman–Crippen LogP) is 1.96. The van der Waals surface area contributed by atoms with Crippen LogP contribution in [0.1, 0.15) is 51.2 Å². The number of nitrogens with zero attached hydrogens (tertiary/aromatic N) is 4. The van der Waals surface area contributed by atoms with Gasteiger partial charge in [-0.25, -0.2) is 4.79 Å². The molecule has 1 N–H and O–H groups in total. The van der Waals surface area contributed by atoms with Crippen molar-refractivity contribution in [2.24, 2.45) is 5.41 Å². The van der Waals surface area contributed by atoms with Crippen molar-refractivity contribution in [2.75, 3.05) is 14.2 Å². The Labute approximate surface area is 143 Å². The minimum atomic E-state index is -0.0452. The summed E-state index contributed by atoms with van der Waals surface area (Å²) in [6.07, 6.45) is 5.28. The number of aryl methyl sites for hydroxylation is 1. The molecule has 1 aliphatic heterocycles. The van der Waals surface area contributed by atoms with Crippen LogP contribution in [-0.2, 0) is 24.2 Å². The van der Waals surface area contributed by atoms with E-state index in [1.807, 2.05) is 11.9 Å². The van der Waals surface area contributed by atoms with Crippen LogP contribution in [-0.4, -0.2) is 52.0 Å². The van der Waals surface area contributed by atoms with Crippen molar-refractivity contribution < 1.29 is 9.53 Å². The number of carbonyl (C=O) groups excluding carboxylic acids is 1. The third-order valence-corrected chi connectivity index (χ3v) is 6.21. The van der Waals surface area contributed by atoms with Crippen LogP contribution in [0.4, 0.5) is 4.79 Å². The highest BCUT2D eigenvalue weighted by atomic mass is 16.5. The number of nitrogens with one attached hydrogen (secondary N) is 1. The van der Waals surface area contributed by atoms with Gasteiger partial charge in [-0.05, 0) is 25.7 Å². The quantitative estimate of drug-likeness (QED) is 0.862. The topological polar surface area (TPSA) is 72.3 Å². The van der Waals surface area contributed by atoms with Crippen LogP contribution < -0.4 is 5.32 Å². The van der Waals surface area contributed by atoms with Crippen LogP contribution in [0.3, 0.4) is 0 Å². The fourth-order valence-electron chi connectivity index (χ4n) is 4.54. The van der Waals surface area contributed by atoms with Gasteiger partial charge in [0.2, 0.25) is 0 Å². The second kappa shape index (κ2) is 6.70. The van der Waals surface area contributed by atoms with Crippen molar-refractivity contribution in [1.29, 1.82) is 0 Å². The Balaban J connectivity index is 1.60. The Morgan fingerprint density at radius 2 is 2.17 bits per heavy atom. The lowest BCUT2D eigenvalue weighted by Crippen LogP contribution is -2.65. The monoisotopic (exact) mass is 335 g/mol. The Morgan fingerprint density at radius 3 is 2.83 bits per heavy atom. The summed E-state index contributed by atoms with van der Waals surface area (Å²) < 4.78 is 7.75. The lowest BCUT2D eigenvalue weighted by Gasteiger charge is -2.57. The number of ether oxygens (including phenoxy) is 1.